The van der Waals surface area contributed by atoms with E-state index in [1.165, 1.54) is 0 Å². The van der Waals surface area contributed by atoms with Crippen LogP contribution < -0.4 is 5.73 Å². The first-order valence-electron chi connectivity index (χ1n) is 3.94. The van der Waals surface area contributed by atoms with Crippen LogP contribution in [-0.4, -0.2) is 17.1 Å². The van der Waals surface area contributed by atoms with Crippen LogP contribution in [0.2, 0.25) is 0 Å². The van der Waals surface area contributed by atoms with E-state index in [1.807, 2.05) is 0 Å². The molecule has 0 aliphatic rings. The van der Waals surface area contributed by atoms with E-state index in [-0.39, 0.29) is 5.56 Å². The molecule has 0 bridgehead atoms. The molecule has 4 nitrogen and oxygen atoms in total. The predicted molar refractivity (Wildman–Crippen MR) is 43.0 cm³/mol. The minimum absolute atomic E-state index is 0.252. The Kier molecular flexibility index (Phi) is 3.04. The van der Waals surface area contributed by atoms with E-state index in [9.17, 15) is 18.0 Å². The van der Waals surface area contributed by atoms with E-state index < -0.39 is 30.4 Å². The first-order valence-corrected chi connectivity index (χ1v) is 3.94. The van der Waals surface area contributed by atoms with Gasteiger partial charge in [-0.3, -0.25) is 4.79 Å². The second-order valence-electron chi connectivity index (χ2n) is 2.92. The lowest BCUT2D eigenvalue weighted by Gasteiger charge is -2.08. The van der Waals surface area contributed by atoms with Crippen molar-refractivity contribution in [2.45, 2.75) is 18.6 Å². The zero-order valence-electron chi connectivity index (χ0n) is 7.41. The van der Waals surface area contributed by atoms with E-state index in [2.05, 4.69) is 4.42 Å². The summed E-state index contributed by atoms with van der Waals surface area (Å²) in [5.74, 6) is -2.55. The van der Waals surface area contributed by atoms with Crippen LogP contribution in [-0.2, 0) is 17.4 Å². The van der Waals surface area contributed by atoms with Crippen molar-refractivity contribution in [2.75, 3.05) is 0 Å². The van der Waals surface area contributed by atoms with Gasteiger partial charge in [0.05, 0.1) is 6.26 Å². The van der Waals surface area contributed by atoms with Gasteiger partial charge >= 0.3 is 12.1 Å². The van der Waals surface area contributed by atoms with Crippen molar-refractivity contribution in [2.24, 2.45) is 5.73 Å². The Morgan fingerprint density at radius 3 is 2.67 bits per heavy atom. The van der Waals surface area contributed by atoms with E-state index in [0.717, 1.165) is 12.3 Å². The zero-order chi connectivity index (χ0) is 11.6. The highest BCUT2D eigenvalue weighted by Gasteiger charge is 2.37. The Morgan fingerprint density at radius 1 is 1.60 bits per heavy atom. The van der Waals surface area contributed by atoms with Gasteiger partial charge in [0.1, 0.15) is 6.04 Å². The molecule has 1 aromatic rings. The van der Waals surface area contributed by atoms with Crippen molar-refractivity contribution in [1.82, 2.24) is 0 Å². The highest BCUT2D eigenvalue weighted by Crippen LogP contribution is 2.33. The molecule has 7 heteroatoms. The molecule has 1 atom stereocenters. The van der Waals surface area contributed by atoms with Gasteiger partial charge in [-0.2, -0.15) is 13.2 Å². The van der Waals surface area contributed by atoms with Gasteiger partial charge in [0, 0.05) is 12.0 Å². The molecule has 0 spiro atoms. The Morgan fingerprint density at radius 2 is 2.20 bits per heavy atom. The summed E-state index contributed by atoms with van der Waals surface area (Å²) >= 11 is 0. The fraction of sp³-hybridized carbons (Fsp3) is 0.375. The maximum atomic E-state index is 12.3. The van der Waals surface area contributed by atoms with Crippen molar-refractivity contribution >= 4 is 5.97 Å². The van der Waals surface area contributed by atoms with Crippen molar-refractivity contribution in [3.8, 4) is 0 Å². The Balaban J connectivity index is 2.87. The van der Waals surface area contributed by atoms with Gasteiger partial charge in [-0.05, 0) is 6.07 Å². The van der Waals surface area contributed by atoms with Crippen molar-refractivity contribution in [3.05, 3.63) is 23.7 Å². The van der Waals surface area contributed by atoms with Gasteiger partial charge in [0.2, 0.25) is 5.76 Å². The highest BCUT2D eigenvalue weighted by atomic mass is 19.4. The van der Waals surface area contributed by atoms with E-state index in [0.29, 0.717) is 0 Å². The molecule has 0 saturated carbocycles. The van der Waals surface area contributed by atoms with Crippen LogP contribution in [0, 0.1) is 0 Å². The molecule has 0 aromatic carbocycles. The number of rotatable bonds is 3. The normalized spacial score (nSPS) is 13.9. The lowest BCUT2D eigenvalue weighted by molar-refractivity contribution is -0.154. The van der Waals surface area contributed by atoms with Gasteiger partial charge in [0.15, 0.2) is 0 Å². The Labute approximate surface area is 82.5 Å². The van der Waals surface area contributed by atoms with E-state index in [4.69, 9.17) is 10.8 Å². The number of carboxylic acids is 1. The Hall–Kier alpha value is -1.50. The molecule has 0 radical (unpaired) electrons. The predicted octanol–water partition coefficient (Wildman–Crippen LogP) is 1.25. The lowest BCUT2D eigenvalue weighted by Crippen LogP contribution is -2.32. The van der Waals surface area contributed by atoms with Crippen LogP contribution >= 0.6 is 0 Å². The number of nitrogens with two attached hydrogens (primary N) is 1. The van der Waals surface area contributed by atoms with Gasteiger partial charge in [-0.15, -0.1) is 0 Å². The van der Waals surface area contributed by atoms with Crippen molar-refractivity contribution < 1.29 is 27.5 Å². The van der Waals surface area contributed by atoms with Crippen LogP contribution in [0.5, 0.6) is 0 Å². The second-order valence-corrected chi connectivity index (χ2v) is 2.92. The maximum Gasteiger partial charge on any atom is 0.449 e. The third-order valence-electron chi connectivity index (χ3n) is 1.76. The number of hydrogen-bond acceptors (Lipinski definition) is 3. The number of alkyl halides is 3. The summed E-state index contributed by atoms with van der Waals surface area (Å²) in [5.41, 5.74) is 4.86. The first-order chi connectivity index (χ1) is 6.82. The lowest BCUT2D eigenvalue weighted by atomic mass is 10.1. The SMILES string of the molecule is N[C@H](Cc1ccoc1C(F)(F)F)C(=O)O. The fourth-order valence-electron chi connectivity index (χ4n) is 1.07. The number of aliphatic carboxylic acids is 1. The van der Waals surface area contributed by atoms with Gasteiger partial charge < -0.3 is 15.3 Å². The molecule has 84 valence electrons. The van der Waals surface area contributed by atoms with Crippen molar-refractivity contribution in [3.63, 3.8) is 0 Å². The third kappa shape index (κ3) is 2.72. The summed E-state index contributed by atoms with van der Waals surface area (Å²) in [7, 11) is 0. The quantitative estimate of drug-likeness (QED) is 0.808. The van der Waals surface area contributed by atoms with E-state index in [1.54, 1.807) is 0 Å². The molecule has 0 fully saturated rings. The topological polar surface area (TPSA) is 76.5 Å². The number of hydrogen-bond donors (Lipinski definition) is 2. The van der Waals surface area contributed by atoms with Crippen LogP contribution in [0.3, 0.4) is 0 Å². The molecule has 1 aromatic heterocycles. The molecule has 1 rings (SSSR count). The highest BCUT2D eigenvalue weighted by molar-refractivity contribution is 5.73. The van der Waals surface area contributed by atoms with Crippen molar-refractivity contribution in [1.29, 1.82) is 0 Å². The van der Waals surface area contributed by atoms with Gasteiger partial charge in [-0.1, -0.05) is 0 Å². The summed E-state index contributed by atoms with van der Waals surface area (Å²) in [6.45, 7) is 0. The molecule has 1 heterocycles. The summed E-state index contributed by atoms with van der Waals surface area (Å²) in [6, 6.07) is -0.310. The number of furan rings is 1. The van der Waals surface area contributed by atoms with Gasteiger partial charge in [0.25, 0.3) is 0 Å². The zero-order valence-corrected chi connectivity index (χ0v) is 7.41. The standard InChI is InChI=1S/C8H8F3NO3/c9-8(10,11)6-4(1-2-15-6)3-5(12)7(13)14/h1-2,5H,3,12H2,(H,13,14)/t5-/m1/s1. The monoisotopic (exact) mass is 223 g/mol. The number of carbonyl (C=O) groups is 1. The molecule has 0 amide bonds. The third-order valence-corrected chi connectivity index (χ3v) is 1.76. The second kappa shape index (κ2) is 3.93. The van der Waals surface area contributed by atoms with Crippen LogP contribution in [0.15, 0.2) is 16.7 Å². The largest absolute Gasteiger partial charge is 0.480 e. The molecule has 0 unspecified atom stereocenters. The maximum absolute atomic E-state index is 12.3. The molecule has 3 N–H and O–H groups in total. The average molecular weight is 223 g/mol. The van der Waals surface area contributed by atoms with Crippen LogP contribution in [0.1, 0.15) is 11.3 Å². The van der Waals surface area contributed by atoms with Gasteiger partial charge in [-0.25, -0.2) is 0 Å². The molecular formula is C8H8F3NO3. The minimum Gasteiger partial charge on any atom is -0.480 e. The van der Waals surface area contributed by atoms with Crippen LogP contribution in [0.25, 0.3) is 0 Å². The molecule has 0 saturated heterocycles. The van der Waals surface area contributed by atoms with Crippen LogP contribution in [0.4, 0.5) is 13.2 Å². The minimum atomic E-state index is -4.63. The smallest absolute Gasteiger partial charge is 0.449 e. The molecule has 15 heavy (non-hydrogen) atoms. The fourth-order valence-corrected chi connectivity index (χ4v) is 1.07. The van der Waals surface area contributed by atoms with E-state index >= 15 is 0 Å². The average Bonchev–Trinajstić information content (AvgIpc) is 2.50. The molecule has 0 aliphatic heterocycles. The molecule has 0 aliphatic carbocycles. The summed E-state index contributed by atoms with van der Waals surface area (Å²) in [5, 5.41) is 8.44. The number of halogens is 3. The number of carboxylic acid groups (broad SMARTS) is 1. The Bertz CT molecular complexity index is 358. The summed E-state index contributed by atoms with van der Waals surface area (Å²) < 4.78 is 41.0. The summed E-state index contributed by atoms with van der Waals surface area (Å²) in [4.78, 5) is 10.3. The summed E-state index contributed by atoms with van der Waals surface area (Å²) in [6.07, 6.45) is -4.19. The molecular weight excluding hydrogens is 215 g/mol. The first kappa shape index (κ1) is 11.6.